The van der Waals surface area contributed by atoms with E-state index in [0.29, 0.717) is 30.0 Å². The van der Waals surface area contributed by atoms with E-state index in [-0.39, 0.29) is 22.7 Å². The Morgan fingerprint density at radius 1 is 1.12 bits per heavy atom. The summed E-state index contributed by atoms with van der Waals surface area (Å²) in [5, 5.41) is 13.7. The van der Waals surface area contributed by atoms with Gasteiger partial charge in [0.15, 0.2) is 11.6 Å². The van der Waals surface area contributed by atoms with Gasteiger partial charge < -0.3 is 20.9 Å². The molecule has 0 aliphatic carbocycles. The fourth-order valence-electron chi connectivity index (χ4n) is 3.73. The zero-order valence-electron chi connectivity index (χ0n) is 18.6. The van der Waals surface area contributed by atoms with Crippen molar-refractivity contribution in [2.75, 3.05) is 24.2 Å². The van der Waals surface area contributed by atoms with Crippen LogP contribution < -0.4 is 21.1 Å². The molecule has 0 atom stereocenters. The molecule has 0 fully saturated rings. The maximum Gasteiger partial charge on any atom is 0.317 e. The molecule has 0 unspecified atom stereocenters. The van der Waals surface area contributed by atoms with Crippen molar-refractivity contribution in [1.29, 1.82) is 0 Å². The fourth-order valence-corrected chi connectivity index (χ4v) is 4.54. The van der Waals surface area contributed by atoms with Crippen molar-refractivity contribution >= 4 is 39.2 Å². The first-order valence-corrected chi connectivity index (χ1v) is 12.0. The second-order valence-corrected chi connectivity index (χ2v) is 9.41. The smallest absolute Gasteiger partial charge is 0.317 e. The summed E-state index contributed by atoms with van der Waals surface area (Å²) in [5.74, 6) is -0.656. The predicted molar refractivity (Wildman–Crippen MR) is 126 cm³/mol. The van der Waals surface area contributed by atoms with Gasteiger partial charge in [0.1, 0.15) is 0 Å². The molecule has 34 heavy (non-hydrogen) atoms. The number of fused-ring (bicyclic) bond motifs is 1. The Kier molecular flexibility index (Phi) is 6.35. The van der Waals surface area contributed by atoms with Crippen LogP contribution in [0.2, 0.25) is 0 Å². The summed E-state index contributed by atoms with van der Waals surface area (Å²) in [7, 11) is -2.32. The minimum Gasteiger partial charge on any atom is -0.341 e. The van der Waals surface area contributed by atoms with E-state index < -0.39 is 15.8 Å². The number of amides is 2. The summed E-state index contributed by atoms with van der Waals surface area (Å²) in [6.07, 6.45) is 1.74. The first-order chi connectivity index (χ1) is 16.1. The Morgan fingerprint density at radius 3 is 2.59 bits per heavy atom. The quantitative estimate of drug-likeness (QED) is 0.435. The molecule has 2 amide bonds. The maximum absolute atomic E-state index is 14.4. The van der Waals surface area contributed by atoms with Crippen molar-refractivity contribution < 1.29 is 17.6 Å². The number of aromatic nitrogens is 2. The van der Waals surface area contributed by atoms with Gasteiger partial charge in [0.05, 0.1) is 11.1 Å². The molecule has 10 nitrogen and oxygen atoms in total. The van der Waals surface area contributed by atoms with E-state index in [1.165, 1.54) is 6.07 Å². The van der Waals surface area contributed by atoms with Gasteiger partial charge in [-0.15, -0.1) is 0 Å². The van der Waals surface area contributed by atoms with Gasteiger partial charge in [-0.25, -0.2) is 27.7 Å². The summed E-state index contributed by atoms with van der Waals surface area (Å²) < 4.78 is 38.0. The van der Waals surface area contributed by atoms with Gasteiger partial charge in [0.25, 0.3) is 0 Å². The number of hydrogen-bond donors (Lipinski definition) is 4. The van der Waals surface area contributed by atoms with Gasteiger partial charge in [-0.1, -0.05) is 12.1 Å². The molecule has 2 aromatic carbocycles. The number of rotatable bonds is 5. The van der Waals surface area contributed by atoms with Crippen LogP contribution in [0, 0.1) is 12.7 Å². The summed E-state index contributed by atoms with van der Waals surface area (Å²) in [5.41, 5.74) is 3.57. The third kappa shape index (κ3) is 5.07. The Labute approximate surface area is 196 Å². The number of anilines is 4. The molecular formula is C22H24FN7O3S. The van der Waals surface area contributed by atoms with Crippen molar-refractivity contribution in [3.05, 3.63) is 65.1 Å². The average Bonchev–Trinajstić information content (AvgIpc) is 2.80. The van der Waals surface area contributed by atoms with Crippen molar-refractivity contribution in [3.63, 3.8) is 0 Å². The largest absolute Gasteiger partial charge is 0.341 e. The third-order valence-corrected chi connectivity index (χ3v) is 6.53. The van der Waals surface area contributed by atoms with E-state index in [1.807, 2.05) is 18.2 Å². The van der Waals surface area contributed by atoms with Gasteiger partial charge in [0.2, 0.25) is 16.0 Å². The molecule has 1 aromatic heterocycles. The van der Waals surface area contributed by atoms with E-state index in [4.69, 9.17) is 5.14 Å². The minimum absolute atomic E-state index is 0.0298. The maximum atomic E-state index is 14.4. The van der Waals surface area contributed by atoms with E-state index in [2.05, 4.69) is 25.9 Å². The Bertz CT molecular complexity index is 1360. The van der Waals surface area contributed by atoms with E-state index in [9.17, 15) is 17.6 Å². The van der Waals surface area contributed by atoms with Crippen LogP contribution in [0.25, 0.3) is 0 Å². The molecule has 3 aromatic rings. The molecule has 5 N–H and O–H groups in total. The summed E-state index contributed by atoms with van der Waals surface area (Å²) in [6.45, 7) is 2.71. The Hall–Kier alpha value is -3.77. The molecular weight excluding hydrogens is 461 g/mol. The molecule has 12 heteroatoms. The number of nitrogens with zero attached hydrogens (tertiary/aromatic N) is 3. The summed E-state index contributed by atoms with van der Waals surface area (Å²) in [4.78, 5) is 21.8. The molecule has 0 radical (unpaired) electrons. The number of benzene rings is 2. The van der Waals surface area contributed by atoms with E-state index in [1.54, 1.807) is 31.0 Å². The first-order valence-electron chi connectivity index (χ1n) is 10.4. The van der Waals surface area contributed by atoms with Crippen LogP contribution in [0.1, 0.15) is 16.7 Å². The lowest BCUT2D eigenvalue weighted by atomic mass is 9.99. The topological polar surface area (TPSA) is 142 Å². The number of nitrogens with two attached hydrogens (primary N) is 1. The highest BCUT2D eigenvalue weighted by Crippen LogP contribution is 2.26. The van der Waals surface area contributed by atoms with Crippen LogP contribution in [0.4, 0.5) is 32.3 Å². The van der Waals surface area contributed by atoms with Crippen molar-refractivity contribution in [1.82, 2.24) is 20.2 Å². The first kappa shape index (κ1) is 23.4. The lowest BCUT2D eigenvalue weighted by molar-refractivity contribution is 0.194. The van der Waals surface area contributed by atoms with Gasteiger partial charge in [-0.05, 0) is 54.3 Å². The second-order valence-electron chi connectivity index (χ2n) is 7.88. The van der Waals surface area contributed by atoms with Crippen LogP contribution in [0.3, 0.4) is 0 Å². The van der Waals surface area contributed by atoms with Crippen LogP contribution in [-0.4, -0.2) is 42.9 Å². The molecule has 1 aliphatic rings. The number of halogens is 1. The highest BCUT2D eigenvalue weighted by molar-refractivity contribution is 7.89. The van der Waals surface area contributed by atoms with Gasteiger partial charge in [-0.2, -0.15) is 4.98 Å². The number of carbonyl (C=O) groups is 1. The van der Waals surface area contributed by atoms with Crippen molar-refractivity contribution in [2.45, 2.75) is 24.8 Å². The van der Waals surface area contributed by atoms with Crippen LogP contribution >= 0.6 is 0 Å². The van der Waals surface area contributed by atoms with Crippen molar-refractivity contribution in [3.8, 4) is 0 Å². The Morgan fingerprint density at radius 2 is 1.85 bits per heavy atom. The van der Waals surface area contributed by atoms with E-state index in [0.717, 1.165) is 23.7 Å². The minimum atomic E-state index is -3.90. The number of urea groups is 1. The second kappa shape index (κ2) is 9.23. The summed E-state index contributed by atoms with van der Waals surface area (Å²) in [6, 6.07) is 10.1. The zero-order valence-corrected chi connectivity index (χ0v) is 19.4. The highest BCUT2D eigenvalue weighted by atomic mass is 32.2. The predicted octanol–water partition coefficient (Wildman–Crippen LogP) is 2.76. The highest BCUT2D eigenvalue weighted by Gasteiger charge is 2.20. The number of sulfonamides is 1. The SMILES string of the molecule is CNC(=O)N1CCc2ccc(Nc3nc(Nc4ccc(C)c(S(N)(=O)=O)c4)ncc3F)cc2C1. The third-order valence-electron chi connectivity index (χ3n) is 5.48. The molecule has 0 spiro atoms. The number of nitrogens with one attached hydrogen (secondary N) is 3. The van der Waals surface area contributed by atoms with Crippen LogP contribution in [-0.2, 0) is 23.0 Å². The molecule has 178 valence electrons. The number of aryl methyl sites for hydroxylation is 1. The van der Waals surface area contributed by atoms with E-state index >= 15 is 0 Å². The number of carbonyl (C=O) groups excluding carboxylic acids is 1. The lowest BCUT2D eigenvalue weighted by Gasteiger charge is -2.28. The Balaban J connectivity index is 1.56. The standard InChI is InChI=1S/C22H24FN7O3S/c1-13-3-5-17(10-19(13)34(24,32)33)28-21-26-11-18(23)20(29-21)27-16-6-4-14-7-8-30(22(31)25-2)12-15(14)9-16/h3-6,9-11H,7-8,12H2,1-2H3,(H,25,31)(H2,24,32,33)(H2,26,27,28,29). The fraction of sp³-hybridized carbons (Fsp3) is 0.227. The summed E-state index contributed by atoms with van der Waals surface area (Å²) >= 11 is 0. The monoisotopic (exact) mass is 485 g/mol. The molecule has 0 bridgehead atoms. The lowest BCUT2D eigenvalue weighted by Crippen LogP contribution is -2.41. The van der Waals surface area contributed by atoms with Gasteiger partial charge in [0, 0.05) is 31.5 Å². The van der Waals surface area contributed by atoms with Gasteiger partial charge in [-0.3, -0.25) is 0 Å². The van der Waals surface area contributed by atoms with Crippen LogP contribution in [0.15, 0.2) is 47.5 Å². The van der Waals surface area contributed by atoms with Crippen LogP contribution in [0.5, 0.6) is 0 Å². The van der Waals surface area contributed by atoms with Gasteiger partial charge >= 0.3 is 6.03 Å². The van der Waals surface area contributed by atoms with Crippen molar-refractivity contribution in [2.24, 2.45) is 5.14 Å². The molecule has 0 saturated heterocycles. The normalized spacial score (nSPS) is 13.2. The zero-order chi connectivity index (χ0) is 24.5. The number of hydrogen-bond acceptors (Lipinski definition) is 7. The molecule has 0 saturated carbocycles. The molecule has 2 heterocycles. The average molecular weight is 486 g/mol. The molecule has 1 aliphatic heterocycles. The molecule has 4 rings (SSSR count). The number of primary sulfonamides is 1.